The number of rotatable bonds is 5. The maximum Gasteiger partial charge on any atom is 0.335 e. The van der Waals surface area contributed by atoms with E-state index in [4.69, 9.17) is 11.5 Å². The third kappa shape index (κ3) is 3.80. The van der Waals surface area contributed by atoms with Crippen LogP contribution in [0.1, 0.15) is 23.7 Å². The van der Waals surface area contributed by atoms with Crippen molar-refractivity contribution in [3.8, 4) is 12.3 Å². The van der Waals surface area contributed by atoms with E-state index in [1.807, 2.05) is 0 Å². The molecule has 19 heavy (non-hydrogen) atoms. The van der Waals surface area contributed by atoms with E-state index in [1.54, 1.807) is 6.92 Å². The van der Waals surface area contributed by atoms with E-state index in [0.717, 1.165) is 0 Å². The largest absolute Gasteiger partial charge is 0.478 e. The molecule has 0 amide bonds. The zero-order chi connectivity index (χ0) is 14.6. The quantitative estimate of drug-likeness (QED) is 0.797. The van der Waals surface area contributed by atoms with Crippen LogP contribution in [0.5, 0.6) is 0 Å². The lowest BCUT2D eigenvalue weighted by molar-refractivity contribution is 0.0696. The number of carboxylic acids is 1. The third-order valence-electron chi connectivity index (χ3n) is 2.38. The number of nitrogens with one attached hydrogen (secondary N) is 1. The van der Waals surface area contributed by atoms with Gasteiger partial charge in [-0.3, -0.25) is 0 Å². The normalized spacial score (nSPS) is 12.7. The Hall–Kier alpha value is -1.36. The molecule has 1 rings (SSSR count). The van der Waals surface area contributed by atoms with Gasteiger partial charge in [-0.1, -0.05) is 12.8 Å². The van der Waals surface area contributed by atoms with E-state index in [0.29, 0.717) is 6.42 Å². The Balaban J connectivity index is 3.16. The van der Waals surface area contributed by atoms with Crippen LogP contribution in [0.3, 0.4) is 0 Å². The highest BCUT2D eigenvalue weighted by Gasteiger charge is 2.21. The van der Waals surface area contributed by atoms with E-state index in [2.05, 4.69) is 26.6 Å². The number of carbonyl (C=O) groups is 1. The molecule has 5 nitrogen and oxygen atoms in total. The topological polar surface area (TPSA) is 83.5 Å². The molecule has 1 atom stereocenters. The smallest absolute Gasteiger partial charge is 0.335 e. The number of terminal acetylenes is 1. The fourth-order valence-corrected chi connectivity index (χ4v) is 3.65. The molecule has 0 aromatic heterocycles. The molecule has 1 unspecified atom stereocenters. The standard InChI is InChI=1S/C12H12BrNO4S/c1-3-9(4-2)14-19(17,18)11-6-5-8(12(15)16)7-10(11)13/h1,5-7,9,14H,4H2,2H3,(H,15,16). The van der Waals surface area contributed by atoms with Crippen LogP contribution in [0.15, 0.2) is 27.6 Å². The molecule has 0 aliphatic heterocycles. The van der Waals surface area contributed by atoms with Gasteiger partial charge in [0, 0.05) is 4.47 Å². The third-order valence-corrected chi connectivity index (χ3v) is 4.82. The second-order valence-corrected chi connectivity index (χ2v) is 6.24. The summed E-state index contributed by atoms with van der Waals surface area (Å²) < 4.78 is 26.7. The summed E-state index contributed by atoms with van der Waals surface area (Å²) in [6.07, 6.45) is 5.66. The summed E-state index contributed by atoms with van der Waals surface area (Å²) in [7, 11) is -3.79. The van der Waals surface area contributed by atoms with Crippen molar-refractivity contribution < 1.29 is 18.3 Å². The summed E-state index contributed by atoms with van der Waals surface area (Å²) >= 11 is 3.05. The fraction of sp³-hybridized carbons (Fsp3) is 0.250. The maximum absolute atomic E-state index is 12.1. The minimum Gasteiger partial charge on any atom is -0.478 e. The molecule has 0 saturated carbocycles. The van der Waals surface area contributed by atoms with Crippen molar-refractivity contribution in [2.75, 3.05) is 0 Å². The molecular formula is C12H12BrNO4S. The van der Waals surface area contributed by atoms with Crippen molar-refractivity contribution in [1.82, 2.24) is 4.72 Å². The van der Waals surface area contributed by atoms with Gasteiger partial charge in [-0.15, -0.1) is 6.42 Å². The molecule has 1 aromatic rings. The Morgan fingerprint density at radius 3 is 2.63 bits per heavy atom. The Morgan fingerprint density at radius 1 is 1.58 bits per heavy atom. The van der Waals surface area contributed by atoms with Crippen molar-refractivity contribution in [3.05, 3.63) is 28.2 Å². The first-order valence-electron chi connectivity index (χ1n) is 5.33. The molecule has 0 fully saturated rings. The SMILES string of the molecule is C#CC(CC)NS(=O)(=O)c1ccc(C(=O)O)cc1Br. The number of hydrogen-bond donors (Lipinski definition) is 2. The first-order valence-corrected chi connectivity index (χ1v) is 7.60. The first-order chi connectivity index (χ1) is 8.81. The van der Waals surface area contributed by atoms with Crippen molar-refractivity contribution in [2.45, 2.75) is 24.3 Å². The van der Waals surface area contributed by atoms with Crippen LogP contribution in [0.2, 0.25) is 0 Å². The lowest BCUT2D eigenvalue weighted by Crippen LogP contribution is -2.33. The molecule has 0 aliphatic carbocycles. The molecule has 0 saturated heterocycles. The highest BCUT2D eigenvalue weighted by Crippen LogP contribution is 2.23. The zero-order valence-corrected chi connectivity index (χ0v) is 12.5. The van der Waals surface area contributed by atoms with Crippen LogP contribution in [0, 0.1) is 12.3 Å². The van der Waals surface area contributed by atoms with Gasteiger partial charge < -0.3 is 5.11 Å². The first kappa shape index (κ1) is 15.7. The molecule has 0 heterocycles. The van der Waals surface area contributed by atoms with Crippen LogP contribution < -0.4 is 4.72 Å². The summed E-state index contributed by atoms with van der Waals surface area (Å²) in [5.41, 5.74) is -0.00480. The second-order valence-electron chi connectivity index (χ2n) is 3.70. The zero-order valence-electron chi connectivity index (χ0n) is 10.1. The summed E-state index contributed by atoms with van der Waals surface area (Å²) in [5, 5.41) is 8.81. The number of halogens is 1. The lowest BCUT2D eigenvalue weighted by atomic mass is 10.2. The monoisotopic (exact) mass is 345 g/mol. The van der Waals surface area contributed by atoms with Crippen LogP contribution in [-0.4, -0.2) is 25.5 Å². The minimum atomic E-state index is -3.79. The van der Waals surface area contributed by atoms with Crippen molar-refractivity contribution in [3.63, 3.8) is 0 Å². The summed E-state index contributed by atoms with van der Waals surface area (Å²) in [5.74, 6) is 1.20. The Labute approximate surface area is 120 Å². The maximum atomic E-state index is 12.1. The second kappa shape index (κ2) is 6.19. The van der Waals surface area contributed by atoms with Crippen LogP contribution in [0.25, 0.3) is 0 Å². The number of carboxylic acid groups (broad SMARTS) is 1. The van der Waals surface area contributed by atoms with Crippen molar-refractivity contribution in [1.29, 1.82) is 0 Å². The van der Waals surface area contributed by atoms with E-state index in [-0.39, 0.29) is 14.9 Å². The minimum absolute atomic E-state index is 0.00480. The number of aromatic carboxylic acids is 1. The van der Waals surface area contributed by atoms with Crippen LogP contribution in [-0.2, 0) is 10.0 Å². The average molecular weight is 346 g/mol. The molecule has 1 aromatic carbocycles. The van der Waals surface area contributed by atoms with Crippen molar-refractivity contribution in [2.24, 2.45) is 0 Å². The lowest BCUT2D eigenvalue weighted by Gasteiger charge is -2.12. The summed E-state index contributed by atoms with van der Waals surface area (Å²) in [6, 6.07) is 3.07. The van der Waals surface area contributed by atoms with Gasteiger partial charge in [0.2, 0.25) is 10.0 Å². The molecule has 0 aliphatic rings. The van der Waals surface area contributed by atoms with Crippen molar-refractivity contribution >= 4 is 31.9 Å². The summed E-state index contributed by atoms with van der Waals surface area (Å²) in [6.45, 7) is 1.76. The van der Waals surface area contributed by atoms with Crippen LogP contribution in [0.4, 0.5) is 0 Å². The van der Waals surface area contributed by atoms with E-state index in [1.165, 1.54) is 18.2 Å². The van der Waals surface area contributed by atoms with Gasteiger partial charge in [0.25, 0.3) is 0 Å². The molecular weight excluding hydrogens is 334 g/mol. The fourth-order valence-electron chi connectivity index (χ4n) is 1.34. The van der Waals surface area contributed by atoms with Gasteiger partial charge in [0.1, 0.15) is 0 Å². The summed E-state index contributed by atoms with van der Waals surface area (Å²) in [4.78, 5) is 10.7. The van der Waals surface area contributed by atoms with E-state index >= 15 is 0 Å². The average Bonchev–Trinajstić information content (AvgIpc) is 2.35. The van der Waals surface area contributed by atoms with Gasteiger partial charge in [0.15, 0.2) is 0 Å². The van der Waals surface area contributed by atoms with E-state index < -0.39 is 22.0 Å². The highest BCUT2D eigenvalue weighted by molar-refractivity contribution is 9.10. The molecule has 2 N–H and O–H groups in total. The molecule has 7 heteroatoms. The Kier molecular flexibility index (Phi) is 5.11. The van der Waals surface area contributed by atoms with E-state index in [9.17, 15) is 13.2 Å². The molecule has 102 valence electrons. The Bertz CT molecular complexity index is 634. The number of sulfonamides is 1. The van der Waals surface area contributed by atoms with Gasteiger partial charge >= 0.3 is 5.97 Å². The van der Waals surface area contributed by atoms with Crippen LogP contribution >= 0.6 is 15.9 Å². The molecule has 0 spiro atoms. The van der Waals surface area contributed by atoms with Gasteiger partial charge in [0.05, 0.1) is 16.5 Å². The molecule has 0 bridgehead atoms. The number of hydrogen-bond acceptors (Lipinski definition) is 3. The Morgan fingerprint density at radius 2 is 2.21 bits per heavy atom. The van der Waals surface area contributed by atoms with Gasteiger partial charge in [-0.05, 0) is 40.5 Å². The predicted molar refractivity (Wildman–Crippen MR) is 74.3 cm³/mol. The number of benzene rings is 1. The molecule has 0 radical (unpaired) electrons. The van der Waals surface area contributed by atoms with Gasteiger partial charge in [-0.2, -0.15) is 4.72 Å². The predicted octanol–water partition coefficient (Wildman–Crippen LogP) is 1.84. The van der Waals surface area contributed by atoms with Gasteiger partial charge in [-0.25, -0.2) is 13.2 Å². The highest BCUT2D eigenvalue weighted by atomic mass is 79.9.